The van der Waals surface area contributed by atoms with Crippen LogP contribution < -0.4 is 0 Å². The van der Waals surface area contributed by atoms with Crippen molar-refractivity contribution in [1.82, 2.24) is 0 Å². The van der Waals surface area contributed by atoms with Crippen LogP contribution in [0.2, 0.25) is 0 Å². The summed E-state index contributed by atoms with van der Waals surface area (Å²) in [7, 11) is 0. The number of aliphatic hydroxyl groups excluding tert-OH is 1. The van der Waals surface area contributed by atoms with Gasteiger partial charge in [0, 0.05) is 24.5 Å². The average Bonchev–Trinajstić information content (AvgIpc) is 2.43. The van der Waals surface area contributed by atoms with E-state index < -0.39 is 0 Å². The molecule has 0 aromatic rings. The molecular weight excluding hydrogens is 290 g/mol. The molecule has 0 bridgehead atoms. The number of ether oxygens (including phenoxy) is 2. The SMILES string of the molecule is CC1OC(CO)C(OC(=O)C2CCC2)C1C.P.[V]. The van der Waals surface area contributed by atoms with Gasteiger partial charge in [0.25, 0.3) is 0 Å². The third-order valence-corrected chi connectivity index (χ3v) is 3.89. The van der Waals surface area contributed by atoms with Gasteiger partial charge in [-0.1, -0.05) is 13.3 Å². The zero-order valence-electron chi connectivity index (χ0n) is 11.0. The predicted octanol–water partition coefficient (Wildman–Crippen LogP) is 1.17. The summed E-state index contributed by atoms with van der Waals surface area (Å²) in [6, 6.07) is 0. The molecular formula is C12H23O4PV. The molecule has 4 nitrogen and oxygen atoms in total. The van der Waals surface area contributed by atoms with E-state index in [0.717, 1.165) is 19.3 Å². The Morgan fingerprint density at radius 3 is 2.44 bits per heavy atom. The van der Waals surface area contributed by atoms with Crippen LogP contribution in [-0.2, 0) is 32.8 Å². The van der Waals surface area contributed by atoms with Crippen LogP contribution in [0.25, 0.3) is 0 Å². The van der Waals surface area contributed by atoms with Crippen molar-refractivity contribution in [3.8, 4) is 0 Å². The monoisotopic (exact) mass is 313 g/mol. The van der Waals surface area contributed by atoms with Gasteiger partial charge in [-0.2, -0.15) is 9.90 Å². The molecule has 18 heavy (non-hydrogen) atoms. The molecule has 0 aromatic carbocycles. The van der Waals surface area contributed by atoms with Crippen molar-refractivity contribution in [2.75, 3.05) is 6.61 Å². The summed E-state index contributed by atoms with van der Waals surface area (Å²) in [5.41, 5.74) is 0. The van der Waals surface area contributed by atoms with Crippen LogP contribution in [0.5, 0.6) is 0 Å². The van der Waals surface area contributed by atoms with Crippen LogP contribution in [0.3, 0.4) is 0 Å². The Bertz CT molecular complexity index is 273. The van der Waals surface area contributed by atoms with Crippen molar-refractivity contribution in [3.63, 3.8) is 0 Å². The first-order chi connectivity index (χ1) is 7.63. The van der Waals surface area contributed by atoms with E-state index >= 15 is 0 Å². The molecule has 0 spiro atoms. The van der Waals surface area contributed by atoms with Gasteiger partial charge in [-0.25, -0.2) is 0 Å². The van der Waals surface area contributed by atoms with Gasteiger partial charge in [-0.05, 0) is 19.8 Å². The van der Waals surface area contributed by atoms with Gasteiger partial charge < -0.3 is 14.6 Å². The fourth-order valence-electron chi connectivity index (χ4n) is 2.29. The Balaban J connectivity index is 0.00000144. The Hall–Kier alpha value is 0.404. The van der Waals surface area contributed by atoms with Gasteiger partial charge in [0.05, 0.1) is 18.6 Å². The maximum atomic E-state index is 11.7. The second kappa shape index (κ2) is 7.86. The topological polar surface area (TPSA) is 55.8 Å². The first-order valence-electron chi connectivity index (χ1n) is 6.10. The number of hydrogen-bond donors (Lipinski definition) is 1. The Morgan fingerprint density at radius 2 is 2.00 bits per heavy atom. The first-order valence-corrected chi connectivity index (χ1v) is 6.10. The van der Waals surface area contributed by atoms with Crippen LogP contribution in [0, 0.1) is 11.8 Å². The average molecular weight is 313 g/mol. The van der Waals surface area contributed by atoms with Gasteiger partial charge in [0.15, 0.2) is 0 Å². The van der Waals surface area contributed by atoms with Crippen molar-refractivity contribution in [2.24, 2.45) is 11.8 Å². The van der Waals surface area contributed by atoms with E-state index in [1.54, 1.807) is 0 Å². The quantitative estimate of drug-likeness (QED) is 0.628. The molecule has 105 valence electrons. The van der Waals surface area contributed by atoms with E-state index in [0.29, 0.717) is 0 Å². The zero-order chi connectivity index (χ0) is 11.7. The molecule has 0 aromatic heterocycles. The minimum Gasteiger partial charge on any atom is -0.459 e. The van der Waals surface area contributed by atoms with Gasteiger partial charge in [0.1, 0.15) is 12.2 Å². The molecule has 2 fully saturated rings. The van der Waals surface area contributed by atoms with E-state index in [9.17, 15) is 9.90 Å². The minimum absolute atomic E-state index is 0. The van der Waals surface area contributed by atoms with Gasteiger partial charge in [-0.15, -0.1) is 0 Å². The van der Waals surface area contributed by atoms with Crippen molar-refractivity contribution in [3.05, 3.63) is 0 Å². The third-order valence-electron chi connectivity index (χ3n) is 3.89. The summed E-state index contributed by atoms with van der Waals surface area (Å²) in [6.07, 6.45) is 2.41. The normalized spacial score (nSPS) is 35.1. The molecule has 5 unspecified atom stereocenters. The summed E-state index contributed by atoms with van der Waals surface area (Å²) in [5.74, 6) is 0.128. The molecule has 1 heterocycles. The van der Waals surface area contributed by atoms with E-state index in [1.807, 2.05) is 13.8 Å². The Labute approximate surface area is 124 Å². The Kier molecular flexibility index (Phi) is 8.04. The summed E-state index contributed by atoms with van der Waals surface area (Å²) in [6.45, 7) is 3.86. The standard InChI is InChI=1S/C12H20O4.H3P.V/c1-7-8(2)15-10(6-13)11(7)16-12(14)9-4-3-5-9;;/h7-11,13H,3-6H2,1-2H3;1H3;. The molecule has 1 saturated carbocycles. The molecule has 1 radical (unpaired) electrons. The fraction of sp³-hybridized carbons (Fsp3) is 0.917. The van der Waals surface area contributed by atoms with E-state index in [1.165, 1.54) is 0 Å². The molecule has 6 heteroatoms. The van der Waals surface area contributed by atoms with Crippen LogP contribution in [0.1, 0.15) is 33.1 Å². The number of esters is 1. The molecule has 2 rings (SSSR count). The third kappa shape index (κ3) is 3.71. The summed E-state index contributed by atoms with van der Waals surface area (Å²) >= 11 is 0. The van der Waals surface area contributed by atoms with Gasteiger partial charge in [0.2, 0.25) is 0 Å². The van der Waals surface area contributed by atoms with Crippen molar-refractivity contribution in [1.29, 1.82) is 0 Å². The van der Waals surface area contributed by atoms with Gasteiger partial charge in [-0.3, -0.25) is 4.79 Å². The minimum atomic E-state index is -0.353. The van der Waals surface area contributed by atoms with Crippen molar-refractivity contribution in [2.45, 2.75) is 51.4 Å². The summed E-state index contributed by atoms with van der Waals surface area (Å²) in [5, 5.41) is 9.18. The number of carbonyl (C=O) groups excluding carboxylic acids is 1. The summed E-state index contributed by atoms with van der Waals surface area (Å²) in [4.78, 5) is 11.7. The van der Waals surface area contributed by atoms with Crippen LogP contribution in [-0.4, -0.2) is 36.0 Å². The van der Waals surface area contributed by atoms with Gasteiger partial charge >= 0.3 is 5.97 Å². The molecule has 5 atom stereocenters. The number of aliphatic hydroxyl groups is 1. The largest absolute Gasteiger partial charge is 0.459 e. The van der Waals surface area contributed by atoms with Crippen LogP contribution in [0.15, 0.2) is 0 Å². The van der Waals surface area contributed by atoms with E-state index in [2.05, 4.69) is 0 Å². The smallest absolute Gasteiger partial charge is 0.309 e. The van der Waals surface area contributed by atoms with Crippen LogP contribution in [0.4, 0.5) is 0 Å². The number of carbonyl (C=O) groups is 1. The Morgan fingerprint density at radius 1 is 1.39 bits per heavy atom. The number of hydrogen-bond acceptors (Lipinski definition) is 4. The fourth-order valence-corrected chi connectivity index (χ4v) is 2.29. The maximum absolute atomic E-state index is 11.7. The van der Waals surface area contributed by atoms with Crippen molar-refractivity contribution < 1.29 is 37.9 Å². The predicted molar refractivity (Wildman–Crippen MR) is 68.9 cm³/mol. The zero-order valence-corrected chi connectivity index (χ0v) is 13.9. The maximum Gasteiger partial charge on any atom is 0.309 e. The van der Waals surface area contributed by atoms with Crippen LogP contribution >= 0.6 is 9.90 Å². The first kappa shape index (κ1) is 18.4. The molecule has 1 saturated heterocycles. The van der Waals surface area contributed by atoms with E-state index in [-0.39, 0.29) is 71.2 Å². The molecule has 0 amide bonds. The second-order valence-corrected chi connectivity index (χ2v) is 4.95. The molecule has 1 aliphatic carbocycles. The van der Waals surface area contributed by atoms with Crippen molar-refractivity contribution >= 4 is 15.9 Å². The van der Waals surface area contributed by atoms with E-state index in [4.69, 9.17) is 9.47 Å². The number of rotatable bonds is 3. The second-order valence-electron chi connectivity index (χ2n) is 4.95. The molecule has 2 aliphatic rings. The molecule has 1 aliphatic heterocycles. The summed E-state index contributed by atoms with van der Waals surface area (Å²) < 4.78 is 11.0. The molecule has 1 N–H and O–H groups in total.